The summed E-state index contributed by atoms with van der Waals surface area (Å²) >= 11 is 0. The Hall–Kier alpha value is -0.370. The molecular weight excluding hydrogens is 102 g/mol. The summed E-state index contributed by atoms with van der Waals surface area (Å²) in [5, 5.41) is 0. The normalized spacial score (nSPS) is 24.1. The fourth-order valence-corrected chi connectivity index (χ4v) is 0.834. The molecule has 0 aromatic carbocycles. The Bertz CT molecular complexity index is 88.5. The molecule has 0 saturated carbocycles. The molecule has 0 amide bonds. The molecule has 0 N–H and O–H groups in total. The zero-order chi connectivity index (χ0) is 5.98. The maximum atomic E-state index is 10.1. The fraction of sp³-hybridized carbons (Fsp3) is 0.833. The van der Waals surface area contributed by atoms with E-state index in [0.29, 0.717) is 0 Å². The fourth-order valence-electron chi connectivity index (χ4n) is 0.834. The van der Waals surface area contributed by atoms with Gasteiger partial charge >= 0.3 is 0 Å². The van der Waals surface area contributed by atoms with Gasteiger partial charge in [0.25, 0.3) is 0 Å². The topological polar surface area (TPSA) is 20.3 Å². The molecule has 1 atom stereocenters. The molecule has 8 heavy (non-hydrogen) atoms. The minimum atomic E-state index is 0.156. The number of rotatable bonds is 2. The standard InChI is InChI=1S/C6H11NO/c1-6(5-8)7-3-2-4-7/h5-6H,2-4H2,1H3. The molecule has 0 radical (unpaired) electrons. The third kappa shape index (κ3) is 0.892. The van der Waals surface area contributed by atoms with Crippen molar-refractivity contribution in [2.45, 2.75) is 19.4 Å². The zero-order valence-electron chi connectivity index (χ0n) is 5.13. The molecule has 1 unspecified atom stereocenters. The minimum Gasteiger partial charge on any atom is -0.302 e. The van der Waals surface area contributed by atoms with Crippen LogP contribution in [0.15, 0.2) is 0 Å². The van der Waals surface area contributed by atoms with Gasteiger partial charge in [-0.05, 0) is 13.3 Å². The van der Waals surface area contributed by atoms with Crippen LogP contribution in [0, 0.1) is 0 Å². The highest BCUT2D eigenvalue weighted by atomic mass is 16.1. The highest BCUT2D eigenvalue weighted by Crippen LogP contribution is 2.08. The van der Waals surface area contributed by atoms with E-state index >= 15 is 0 Å². The maximum Gasteiger partial charge on any atom is 0.136 e. The van der Waals surface area contributed by atoms with E-state index in [1.165, 1.54) is 6.42 Å². The summed E-state index contributed by atoms with van der Waals surface area (Å²) in [5.41, 5.74) is 0. The van der Waals surface area contributed by atoms with Gasteiger partial charge in [0, 0.05) is 13.1 Å². The van der Waals surface area contributed by atoms with E-state index < -0.39 is 0 Å². The van der Waals surface area contributed by atoms with E-state index in [1.807, 2.05) is 6.92 Å². The first kappa shape index (κ1) is 5.76. The van der Waals surface area contributed by atoms with Crippen molar-refractivity contribution in [1.29, 1.82) is 0 Å². The Morgan fingerprint density at radius 3 is 2.38 bits per heavy atom. The first-order valence-electron chi connectivity index (χ1n) is 3.04. The van der Waals surface area contributed by atoms with E-state index in [0.717, 1.165) is 19.4 Å². The van der Waals surface area contributed by atoms with Crippen LogP contribution in [-0.4, -0.2) is 30.3 Å². The van der Waals surface area contributed by atoms with Gasteiger partial charge in [-0.2, -0.15) is 0 Å². The second kappa shape index (κ2) is 2.27. The Kier molecular flexibility index (Phi) is 1.63. The predicted molar refractivity (Wildman–Crippen MR) is 31.7 cm³/mol. The number of carbonyl (C=O) groups excluding carboxylic acids is 1. The molecule has 0 aromatic rings. The molecule has 1 heterocycles. The van der Waals surface area contributed by atoms with Gasteiger partial charge in [-0.3, -0.25) is 4.90 Å². The van der Waals surface area contributed by atoms with E-state index in [1.54, 1.807) is 0 Å². The van der Waals surface area contributed by atoms with Gasteiger partial charge in [-0.1, -0.05) is 0 Å². The minimum absolute atomic E-state index is 0.156. The number of likely N-dealkylation sites (tertiary alicyclic amines) is 1. The monoisotopic (exact) mass is 113 g/mol. The number of hydrogen-bond acceptors (Lipinski definition) is 2. The van der Waals surface area contributed by atoms with Crippen molar-refractivity contribution >= 4 is 6.29 Å². The lowest BCUT2D eigenvalue weighted by Crippen LogP contribution is -2.44. The number of nitrogens with zero attached hydrogens (tertiary/aromatic N) is 1. The summed E-state index contributed by atoms with van der Waals surface area (Å²) in [6.07, 6.45) is 2.26. The molecule has 46 valence electrons. The molecule has 1 aliphatic rings. The van der Waals surface area contributed by atoms with Gasteiger partial charge in [-0.15, -0.1) is 0 Å². The second-order valence-corrected chi connectivity index (χ2v) is 2.27. The van der Waals surface area contributed by atoms with Crippen molar-refractivity contribution in [3.63, 3.8) is 0 Å². The van der Waals surface area contributed by atoms with Crippen LogP contribution in [0.1, 0.15) is 13.3 Å². The quantitative estimate of drug-likeness (QED) is 0.479. The van der Waals surface area contributed by atoms with Gasteiger partial charge < -0.3 is 4.79 Å². The van der Waals surface area contributed by atoms with E-state index in [-0.39, 0.29) is 6.04 Å². The zero-order valence-corrected chi connectivity index (χ0v) is 5.13. The summed E-state index contributed by atoms with van der Waals surface area (Å²) in [7, 11) is 0. The van der Waals surface area contributed by atoms with Gasteiger partial charge in [0.05, 0.1) is 6.04 Å². The second-order valence-electron chi connectivity index (χ2n) is 2.27. The number of aldehydes is 1. The Morgan fingerprint density at radius 2 is 2.25 bits per heavy atom. The van der Waals surface area contributed by atoms with Crippen molar-refractivity contribution in [1.82, 2.24) is 4.90 Å². The van der Waals surface area contributed by atoms with Gasteiger partial charge in [-0.25, -0.2) is 0 Å². The van der Waals surface area contributed by atoms with Crippen LogP contribution < -0.4 is 0 Å². The Balaban J connectivity index is 2.22. The van der Waals surface area contributed by atoms with Gasteiger partial charge in [0.1, 0.15) is 6.29 Å². The summed E-state index contributed by atoms with van der Waals surface area (Å²) in [6, 6.07) is 0.156. The molecule has 1 fully saturated rings. The first-order valence-corrected chi connectivity index (χ1v) is 3.04. The molecule has 0 aliphatic carbocycles. The molecule has 0 bridgehead atoms. The Morgan fingerprint density at radius 1 is 1.62 bits per heavy atom. The predicted octanol–water partition coefficient (Wildman–Crippen LogP) is 0.280. The molecular formula is C6H11NO. The third-order valence-corrected chi connectivity index (χ3v) is 1.66. The molecule has 1 aliphatic heterocycles. The summed E-state index contributed by atoms with van der Waals surface area (Å²) in [4.78, 5) is 12.3. The average Bonchev–Trinajstić information content (AvgIpc) is 1.62. The van der Waals surface area contributed by atoms with Crippen LogP contribution in [0.2, 0.25) is 0 Å². The molecule has 0 spiro atoms. The van der Waals surface area contributed by atoms with Gasteiger partial charge in [0.2, 0.25) is 0 Å². The molecule has 1 saturated heterocycles. The number of carbonyl (C=O) groups is 1. The third-order valence-electron chi connectivity index (χ3n) is 1.66. The van der Waals surface area contributed by atoms with Crippen molar-refractivity contribution in [2.75, 3.05) is 13.1 Å². The maximum absolute atomic E-state index is 10.1. The van der Waals surface area contributed by atoms with Crippen LogP contribution in [-0.2, 0) is 4.79 Å². The largest absolute Gasteiger partial charge is 0.302 e. The number of hydrogen-bond donors (Lipinski definition) is 0. The molecule has 2 heteroatoms. The van der Waals surface area contributed by atoms with Crippen LogP contribution in [0.25, 0.3) is 0 Å². The lowest BCUT2D eigenvalue weighted by atomic mass is 10.2. The van der Waals surface area contributed by atoms with Crippen molar-refractivity contribution in [2.24, 2.45) is 0 Å². The Labute approximate surface area is 49.5 Å². The van der Waals surface area contributed by atoms with Crippen molar-refractivity contribution < 1.29 is 4.79 Å². The van der Waals surface area contributed by atoms with Crippen LogP contribution >= 0.6 is 0 Å². The van der Waals surface area contributed by atoms with E-state index in [4.69, 9.17) is 0 Å². The molecule has 1 rings (SSSR count). The van der Waals surface area contributed by atoms with Crippen LogP contribution in [0.4, 0.5) is 0 Å². The molecule has 0 aromatic heterocycles. The highest BCUT2D eigenvalue weighted by Gasteiger charge is 2.18. The summed E-state index contributed by atoms with van der Waals surface area (Å²) < 4.78 is 0. The lowest BCUT2D eigenvalue weighted by Gasteiger charge is -2.33. The van der Waals surface area contributed by atoms with Crippen LogP contribution in [0.5, 0.6) is 0 Å². The SMILES string of the molecule is CC(C=O)N1CCC1. The highest BCUT2D eigenvalue weighted by molar-refractivity contribution is 5.56. The molecule has 2 nitrogen and oxygen atoms in total. The van der Waals surface area contributed by atoms with Gasteiger partial charge in [0.15, 0.2) is 0 Å². The summed E-state index contributed by atoms with van der Waals surface area (Å²) in [6.45, 7) is 4.16. The lowest BCUT2D eigenvalue weighted by molar-refractivity contribution is -0.113. The average molecular weight is 113 g/mol. The van der Waals surface area contributed by atoms with Crippen molar-refractivity contribution in [3.05, 3.63) is 0 Å². The van der Waals surface area contributed by atoms with Crippen LogP contribution in [0.3, 0.4) is 0 Å². The van der Waals surface area contributed by atoms with E-state index in [9.17, 15) is 4.79 Å². The summed E-state index contributed by atoms with van der Waals surface area (Å²) in [5.74, 6) is 0. The smallest absolute Gasteiger partial charge is 0.136 e. The van der Waals surface area contributed by atoms with Crippen molar-refractivity contribution in [3.8, 4) is 0 Å². The first-order chi connectivity index (χ1) is 3.84. The van der Waals surface area contributed by atoms with E-state index in [2.05, 4.69) is 4.90 Å².